The molecule has 7 heteroatoms. The van der Waals surface area contributed by atoms with Crippen LogP contribution in [0.1, 0.15) is 25.7 Å². The molecule has 2 heterocycles. The Morgan fingerprint density at radius 2 is 2.08 bits per heavy atom. The van der Waals surface area contributed by atoms with Gasteiger partial charge in [0.15, 0.2) is 0 Å². The quantitative estimate of drug-likeness (QED) is 0.786. The van der Waals surface area contributed by atoms with E-state index in [1.807, 2.05) is 35.2 Å². The van der Waals surface area contributed by atoms with Crippen molar-refractivity contribution in [1.29, 1.82) is 0 Å². The van der Waals surface area contributed by atoms with Crippen LogP contribution in [-0.4, -0.2) is 56.6 Å². The fourth-order valence-electron chi connectivity index (χ4n) is 3.63. The second kappa shape index (κ2) is 7.58. The van der Waals surface area contributed by atoms with E-state index in [1.54, 1.807) is 11.0 Å². The molecule has 1 aromatic carbocycles. The van der Waals surface area contributed by atoms with Crippen molar-refractivity contribution in [2.24, 2.45) is 0 Å². The summed E-state index contributed by atoms with van der Waals surface area (Å²) in [4.78, 5) is 19.0. The molecule has 0 spiro atoms. The molecule has 1 amide bonds. The summed E-state index contributed by atoms with van der Waals surface area (Å²) in [6.07, 6.45) is 6.44. The van der Waals surface area contributed by atoms with Crippen LogP contribution in [0.15, 0.2) is 41.8 Å². The molecule has 2 aromatic rings. The number of thioether (sulfide) groups is 1. The summed E-state index contributed by atoms with van der Waals surface area (Å²) in [6.45, 7) is 1.35. The molecule has 2 unspecified atom stereocenters. The first kappa shape index (κ1) is 16.6. The van der Waals surface area contributed by atoms with Gasteiger partial charge in [-0.2, -0.15) is 0 Å². The van der Waals surface area contributed by atoms with Gasteiger partial charge in [0.25, 0.3) is 0 Å². The number of morpholine rings is 1. The molecular weight excluding hydrogens is 336 g/mol. The second-order valence-corrected chi connectivity index (χ2v) is 7.39. The number of rotatable bonds is 4. The Morgan fingerprint density at radius 1 is 1.24 bits per heavy atom. The first-order valence-electron chi connectivity index (χ1n) is 8.82. The Labute approximate surface area is 151 Å². The van der Waals surface area contributed by atoms with Gasteiger partial charge in [0.05, 0.1) is 30.2 Å². The zero-order chi connectivity index (χ0) is 17.1. The van der Waals surface area contributed by atoms with Crippen LogP contribution in [0.4, 0.5) is 0 Å². The highest BCUT2D eigenvalue weighted by Crippen LogP contribution is 2.29. The molecule has 0 radical (unpaired) electrons. The Morgan fingerprint density at radius 3 is 2.96 bits per heavy atom. The Bertz CT molecular complexity index is 719. The molecule has 1 aromatic heterocycles. The van der Waals surface area contributed by atoms with Crippen LogP contribution in [0.25, 0.3) is 5.69 Å². The maximum absolute atomic E-state index is 12.7. The highest BCUT2D eigenvalue weighted by Gasteiger charge is 2.36. The van der Waals surface area contributed by atoms with Gasteiger partial charge in [0.2, 0.25) is 11.1 Å². The van der Waals surface area contributed by atoms with Gasteiger partial charge < -0.3 is 9.64 Å². The Kier molecular flexibility index (Phi) is 5.03. The van der Waals surface area contributed by atoms with E-state index in [-0.39, 0.29) is 18.1 Å². The van der Waals surface area contributed by atoms with Crippen LogP contribution < -0.4 is 0 Å². The standard InChI is InChI=1S/C18H22N4O2S/c23-17(21-10-11-24-16-9-5-4-8-15(16)21)12-25-18-19-13-22(20-18)14-6-2-1-3-7-14/h1-3,6-7,13,15-16H,4-5,8-12H2. The number of para-hydroxylation sites is 1. The van der Waals surface area contributed by atoms with E-state index in [0.717, 1.165) is 18.5 Å². The summed E-state index contributed by atoms with van der Waals surface area (Å²) in [6, 6.07) is 10.1. The van der Waals surface area contributed by atoms with Gasteiger partial charge in [-0.05, 0) is 25.0 Å². The minimum Gasteiger partial charge on any atom is -0.374 e. The fourth-order valence-corrected chi connectivity index (χ4v) is 4.32. The third-order valence-corrected chi connectivity index (χ3v) is 5.71. The molecule has 4 rings (SSSR count). The number of hydrogen-bond acceptors (Lipinski definition) is 5. The Balaban J connectivity index is 1.36. The molecule has 2 atom stereocenters. The molecule has 2 aliphatic rings. The Hall–Kier alpha value is -1.86. The highest BCUT2D eigenvalue weighted by molar-refractivity contribution is 7.99. The monoisotopic (exact) mass is 358 g/mol. The van der Waals surface area contributed by atoms with Crippen molar-refractivity contribution in [2.45, 2.75) is 43.0 Å². The number of amides is 1. The van der Waals surface area contributed by atoms with Crippen molar-refractivity contribution in [3.8, 4) is 5.69 Å². The zero-order valence-electron chi connectivity index (χ0n) is 14.1. The van der Waals surface area contributed by atoms with Crippen molar-refractivity contribution in [2.75, 3.05) is 18.9 Å². The minimum atomic E-state index is 0.168. The topological polar surface area (TPSA) is 60.2 Å². The molecule has 1 aliphatic heterocycles. The average molecular weight is 358 g/mol. The van der Waals surface area contributed by atoms with Crippen molar-refractivity contribution >= 4 is 17.7 Å². The van der Waals surface area contributed by atoms with Crippen LogP contribution >= 0.6 is 11.8 Å². The SMILES string of the molecule is O=C(CSc1ncn(-c2ccccc2)n1)N1CCOC2CCCCC21. The lowest BCUT2D eigenvalue weighted by molar-refractivity contribution is -0.146. The lowest BCUT2D eigenvalue weighted by atomic mass is 9.90. The van der Waals surface area contributed by atoms with Crippen molar-refractivity contribution in [1.82, 2.24) is 19.7 Å². The normalized spacial score (nSPS) is 23.3. The van der Waals surface area contributed by atoms with Gasteiger partial charge in [0, 0.05) is 6.54 Å². The lowest BCUT2D eigenvalue weighted by Crippen LogP contribution is -2.55. The van der Waals surface area contributed by atoms with E-state index >= 15 is 0 Å². The van der Waals surface area contributed by atoms with Gasteiger partial charge in [-0.15, -0.1) is 5.10 Å². The summed E-state index contributed by atoms with van der Waals surface area (Å²) in [5, 5.41) is 5.08. The van der Waals surface area contributed by atoms with Crippen molar-refractivity contribution in [3.05, 3.63) is 36.7 Å². The predicted octanol–water partition coefficient (Wildman–Crippen LogP) is 2.53. The summed E-state index contributed by atoms with van der Waals surface area (Å²) < 4.78 is 7.58. The molecule has 0 N–H and O–H groups in total. The van der Waals surface area contributed by atoms with Crippen LogP contribution in [0.3, 0.4) is 0 Å². The fraction of sp³-hybridized carbons (Fsp3) is 0.500. The number of nitrogens with zero attached hydrogens (tertiary/aromatic N) is 4. The number of carbonyl (C=O) groups excluding carboxylic acids is 1. The molecule has 2 fully saturated rings. The third kappa shape index (κ3) is 3.72. The van der Waals surface area contributed by atoms with Crippen LogP contribution in [0.5, 0.6) is 0 Å². The van der Waals surface area contributed by atoms with Gasteiger partial charge in [0.1, 0.15) is 6.33 Å². The van der Waals surface area contributed by atoms with E-state index in [4.69, 9.17) is 4.74 Å². The maximum Gasteiger partial charge on any atom is 0.233 e. The maximum atomic E-state index is 12.7. The largest absolute Gasteiger partial charge is 0.374 e. The molecule has 132 valence electrons. The van der Waals surface area contributed by atoms with E-state index in [1.165, 1.54) is 24.6 Å². The number of benzene rings is 1. The molecule has 25 heavy (non-hydrogen) atoms. The van der Waals surface area contributed by atoms with Crippen LogP contribution in [0.2, 0.25) is 0 Å². The predicted molar refractivity (Wildman–Crippen MR) is 95.8 cm³/mol. The smallest absolute Gasteiger partial charge is 0.233 e. The van der Waals surface area contributed by atoms with Gasteiger partial charge in [-0.3, -0.25) is 4.79 Å². The van der Waals surface area contributed by atoms with Crippen molar-refractivity contribution < 1.29 is 9.53 Å². The molecular formula is C18H22N4O2S. The molecule has 1 saturated heterocycles. The number of hydrogen-bond donors (Lipinski definition) is 0. The molecule has 1 aliphatic carbocycles. The third-order valence-electron chi connectivity index (χ3n) is 4.87. The van der Waals surface area contributed by atoms with E-state index in [9.17, 15) is 4.79 Å². The summed E-state index contributed by atoms with van der Waals surface area (Å²) in [5.41, 5.74) is 0.964. The van der Waals surface area contributed by atoms with Crippen molar-refractivity contribution in [3.63, 3.8) is 0 Å². The van der Waals surface area contributed by atoms with Gasteiger partial charge >= 0.3 is 0 Å². The lowest BCUT2D eigenvalue weighted by Gasteiger charge is -2.43. The average Bonchev–Trinajstić information content (AvgIpc) is 3.15. The number of fused-ring (bicyclic) bond motifs is 1. The molecule has 0 bridgehead atoms. The van der Waals surface area contributed by atoms with E-state index < -0.39 is 0 Å². The van der Waals surface area contributed by atoms with E-state index in [0.29, 0.717) is 24.1 Å². The van der Waals surface area contributed by atoms with Crippen LogP contribution in [-0.2, 0) is 9.53 Å². The first-order valence-corrected chi connectivity index (χ1v) is 9.81. The minimum absolute atomic E-state index is 0.168. The highest BCUT2D eigenvalue weighted by atomic mass is 32.2. The van der Waals surface area contributed by atoms with Gasteiger partial charge in [-0.25, -0.2) is 9.67 Å². The summed E-state index contributed by atoms with van der Waals surface area (Å²) in [5.74, 6) is 0.545. The second-order valence-electron chi connectivity index (χ2n) is 6.44. The summed E-state index contributed by atoms with van der Waals surface area (Å²) >= 11 is 1.40. The summed E-state index contributed by atoms with van der Waals surface area (Å²) in [7, 11) is 0. The zero-order valence-corrected chi connectivity index (χ0v) is 14.9. The van der Waals surface area contributed by atoms with Gasteiger partial charge in [-0.1, -0.05) is 42.8 Å². The van der Waals surface area contributed by atoms with Crippen LogP contribution in [0, 0.1) is 0 Å². The number of ether oxygens (including phenoxy) is 1. The molecule has 6 nitrogen and oxygen atoms in total. The first-order chi connectivity index (χ1) is 12.3. The van der Waals surface area contributed by atoms with E-state index in [2.05, 4.69) is 10.1 Å². The molecule has 1 saturated carbocycles. The number of carbonyl (C=O) groups is 1. The number of aromatic nitrogens is 3.